The van der Waals surface area contributed by atoms with Gasteiger partial charge in [0.15, 0.2) is 0 Å². The molecule has 6 heteroatoms. The van der Waals surface area contributed by atoms with Crippen LogP contribution in [0.4, 0.5) is 5.69 Å². The van der Waals surface area contributed by atoms with Crippen molar-refractivity contribution in [2.45, 2.75) is 42.0 Å². The number of halogens is 1. The van der Waals surface area contributed by atoms with Crippen molar-refractivity contribution in [3.63, 3.8) is 0 Å². The molecule has 140 valence electrons. The molecule has 0 aromatic heterocycles. The average molecular weight is 393 g/mol. The zero-order valence-corrected chi connectivity index (χ0v) is 16.7. The van der Waals surface area contributed by atoms with Crippen molar-refractivity contribution in [2.24, 2.45) is 5.73 Å². The largest absolute Gasteiger partial charge is 0.381 e. The predicted molar refractivity (Wildman–Crippen MR) is 109 cm³/mol. The van der Waals surface area contributed by atoms with Crippen LogP contribution in [0.5, 0.6) is 0 Å². The fraction of sp³-hybridized carbons (Fsp3) is 0.350. The number of ether oxygens (including phenoxy) is 1. The fourth-order valence-corrected chi connectivity index (χ4v) is 3.77. The number of carbonyl (C=O) groups excluding carboxylic acids is 1. The third-order valence-corrected chi connectivity index (χ3v) is 5.69. The third-order valence-electron chi connectivity index (χ3n) is 4.52. The highest BCUT2D eigenvalue weighted by Gasteiger charge is 2.35. The molecule has 0 spiro atoms. The number of hydrogen-bond acceptors (Lipinski definition) is 4. The van der Waals surface area contributed by atoms with Crippen molar-refractivity contribution in [1.29, 1.82) is 0 Å². The van der Waals surface area contributed by atoms with Crippen LogP contribution < -0.4 is 11.1 Å². The molecule has 1 aliphatic rings. The number of anilines is 1. The maximum Gasteiger partial charge on any atom is 0.244 e. The molecule has 1 saturated heterocycles. The molecule has 1 heterocycles. The molecular weight excluding hydrogens is 368 g/mol. The summed E-state index contributed by atoms with van der Waals surface area (Å²) < 4.78 is 5.29. The number of aryl methyl sites for hydroxylation is 2. The van der Waals surface area contributed by atoms with E-state index in [1.807, 2.05) is 24.3 Å². The topological polar surface area (TPSA) is 64.4 Å². The SMILES string of the molecule is Cc1ccc(C)c(Sc2ccc(NC(=O)C3(N)CCOCC3)cc2)c1.Cl. The molecule has 26 heavy (non-hydrogen) atoms. The molecule has 4 nitrogen and oxygen atoms in total. The van der Waals surface area contributed by atoms with Crippen molar-refractivity contribution >= 4 is 35.8 Å². The smallest absolute Gasteiger partial charge is 0.244 e. The van der Waals surface area contributed by atoms with Crippen molar-refractivity contribution in [2.75, 3.05) is 18.5 Å². The quantitative estimate of drug-likeness (QED) is 0.813. The Morgan fingerprint density at radius 2 is 1.77 bits per heavy atom. The molecule has 1 amide bonds. The molecule has 0 unspecified atom stereocenters. The van der Waals surface area contributed by atoms with Crippen LogP contribution in [0.2, 0.25) is 0 Å². The van der Waals surface area contributed by atoms with E-state index in [-0.39, 0.29) is 18.3 Å². The van der Waals surface area contributed by atoms with E-state index in [1.54, 1.807) is 11.8 Å². The van der Waals surface area contributed by atoms with Gasteiger partial charge in [-0.25, -0.2) is 0 Å². The summed E-state index contributed by atoms with van der Waals surface area (Å²) in [6.07, 6.45) is 1.11. The number of nitrogens with two attached hydrogens (primary N) is 1. The molecule has 0 radical (unpaired) electrons. The van der Waals surface area contributed by atoms with Gasteiger partial charge in [-0.15, -0.1) is 12.4 Å². The second-order valence-corrected chi connectivity index (χ2v) is 7.73. The Bertz CT molecular complexity index is 759. The van der Waals surface area contributed by atoms with E-state index in [9.17, 15) is 4.79 Å². The standard InChI is InChI=1S/C20H24N2O2S.ClH/c1-14-3-4-15(2)18(13-14)25-17-7-5-16(6-8-17)22-19(23)20(21)9-11-24-12-10-20;/h3-8,13H,9-12,21H2,1-2H3,(H,22,23);1H. The zero-order valence-electron chi connectivity index (χ0n) is 15.1. The minimum Gasteiger partial charge on any atom is -0.381 e. The van der Waals surface area contributed by atoms with Crippen molar-refractivity contribution < 1.29 is 9.53 Å². The number of nitrogens with one attached hydrogen (secondary N) is 1. The number of benzene rings is 2. The second kappa shape index (κ2) is 8.91. The molecule has 0 saturated carbocycles. The van der Waals surface area contributed by atoms with Crippen LogP contribution in [-0.4, -0.2) is 24.7 Å². The Labute approximate surface area is 165 Å². The summed E-state index contributed by atoms with van der Waals surface area (Å²) in [4.78, 5) is 14.8. The van der Waals surface area contributed by atoms with Gasteiger partial charge in [0.05, 0.1) is 0 Å². The normalized spacial score (nSPS) is 15.8. The molecule has 2 aromatic carbocycles. The first kappa shape index (κ1) is 20.8. The summed E-state index contributed by atoms with van der Waals surface area (Å²) in [6, 6.07) is 14.4. The van der Waals surface area contributed by atoms with Gasteiger partial charge < -0.3 is 15.8 Å². The Kier molecular flexibility index (Phi) is 7.12. The Morgan fingerprint density at radius 1 is 1.12 bits per heavy atom. The van der Waals surface area contributed by atoms with E-state index < -0.39 is 5.54 Å². The molecule has 1 fully saturated rings. The summed E-state index contributed by atoms with van der Waals surface area (Å²) in [5, 5.41) is 2.93. The van der Waals surface area contributed by atoms with Crippen molar-refractivity contribution in [3.8, 4) is 0 Å². The lowest BCUT2D eigenvalue weighted by atomic mass is 9.90. The highest BCUT2D eigenvalue weighted by atomic mass is 35.5. The van der Waals surface area contributed by atoms with Gasteiger partial charge in [-0.3, -0.25) is 4.79 Å². The van der Waals surface area contributed by atoms with E-state index in [4.69, 9.17) is 10.5 Å². The summed E-state index contributed by atoms with van der Waals surface area (Å²) >= 11 is 1.73. The first-order valence-electron chi connectivity index (χ1n) is 8.49. The molecular formula is C20H25ClN2O2S. The Hall–Kier alpha value is -1.53. The number of amides is 1. The summed E-state index contributed by atoms with van der Waals surface area (Å²) in [5.41, 5.74) is 8.67. The fourth-order valence-electron chi connectivity index (χ4n) is 2.77. The van der Waals surface area contributed by atoms with E-state index in [0.717, 1.165) is 10.6 Å². The maximum atomic E-state index is 12.5. The highest BCUT2D eigenvalue weighted by molar-refractivity contribution is 7.99. The van der Waals surface area contributed by atoms with E-state index in [1.165, 1.54) is 16.0 Å². The Morgan fingerprint density at radius 3 is 2.42 bits per heavy atom. The van der Waals surface area contributed by atoms with Gasteiger partial charge in [0.2, 0.25) is 5.91 Å². The third kappa shape index (κ3) is 5.01. The molecule has 0 bridgehead atoms. The van der Waals surface area contributed by atoms with Crippen LogP contribution in [0.25, 0.3) is 0 Å². The summed E-state index contributed by atoms with van der Waals surface area (Å²) in [6.45, 7) is 5.29. The number of rotatable bonds is 4. The predicted octanol–water partition coefficient (Wildman–Crippen LogP) is 4.32. The van der Waals surface area contributed by atoms with E-state index in [0.29, 0.717) is 26.1 Å². The molecule has 3 rings (SSSR count). The van der Waals surface area contributed by atoms with Gasteiger partial charge in [0.1, 0.15) is 5.54 Å². The van der Waals surface area contributed by atoms with Crippen LogP contribution in [0.15, 0.2) is 52.3 Å². The van der Waals surface area contributed by atoms with Crippen LogP contribution >= 0.6 is 24.2 Å². The zero-order chi connectivity index (χ0) is 17.9. The number of hydrogen-bond donors (Lipinski definition) is 2. The van der Waals surface area contributed by atoms with Gasteiger partial charge >= 0.3 is 0 Å². The average Bonchev–Trinajstić information content (AvgIpc) is 2.60. The van der Waals surface area contributed by atoms with Crippen molar-refractivity contribution in [1.82, 2.24) is 0 Å². The molecule has 1 aliphatic heterocycles. The van der Waals surface area contributed by atoms with Crippen LogP contribution in [0.1, 0.15) is 24.0 Å². The van der Waals surface area contributed by atoms with Crippen LogP contribution in [-0.2, 0) is 9.53 Å². The highest BCUT2D eigenvalue weighted by Crippen LogP contribution is 2.31. The summed E-state index contributed by atoms with van der Waals surface area (Å²) in [5.74, 6) is -0.134. The molecule has 3 N–H and O–H groups in total. The molecule has 2 aromatic rings. The van der Waals surface area contributed by atoms with Gasteiger partial charge in [0, 0.05) is 28.7 Å². The van der Waals surface area contributed by atoms with Gasteiger partial charge in [-0.1, -0.05) is 23.9 Å². The Balaban J connectivity index is 0.00000243. The van der Waals surface area contributed by atoms with Crippen LogP contribution in [0, 0.1) is 13.8 Å². The lowest BCUT2D eigenvalue weighted by Gasteiger charge is -2.31. The van der Waals surface area contributed by atoms with Gasteiger partial charge in [-0.05, 0) is 68.1 Å². The maximum absolute atomic E-state index is 12.5. The molecule has 0 atom stereocenters. The summed E-state index contributed by atoms with van der Waals surface area (Å²) in [7, 11) is 0. The lowest BCUT2D eigenvalue weighted by Crippen LogP contribution is -2.54. The van der Waals surface area contributed by atoms with E-state index in [2.05, 4.69) is 37.4 Å². The minimum absolute atomic E-state index is 0. The second-order valence-electron chi connectivity index (χ2n) is 6.62. The lowest BCUT2D eigenvalue weighted by molar-refractivity contribution is -0.124. The van der Waals surface area contributed by atoms with Gasteiger partial charge in [-0.2, -0.15) is 0 Å². The number of carbonyl (C=O) groups is 1. The first-order chi connectivity index (χ1) is 12.0. The van der Waals surface area contributed by atoms with Crippen LogP contribution in [0.3, 0.4) is 0 Å². The van der Waals surface area contributed by atoms with E-state index >= 15 is 0 Å². The molecule has 0 aliphatic carbocycles. The first-order valence-corrected chi connectivity index (χ1v) is 9.31. The monoisotopic (exact) mass is 392 g/mol. The van der Waals surface area contributed by atoms with Gasteiger partial charge in [0.25, 0.3) is 0 Å². The minimum atomic E-state index is -0.829. The van der Waals surface area contributed by atoms with Crippen molar-refractivity contribution in [3.05, 3.63) is 53.6 Å².